The molecule has 6 nitrogen and oxygen atoms in total. The molecule has 0 aliphatic carbocycles. The van der Waals surface area contributed by atoms with Gasteiger partial charge in [0.15, 0.2) is 0 Å². The molecule has 2 atom stereocenters. The largest absolute Gasteiger partial charge is 0.353 e. The third-order valence-electron chi connectivity index (χ3n) is 6.07. The highest BCUT2D eigenvalue weighted by Gasteiger charge is 2.36. The summed E-state index contributed by atoms with van der Waals surface area (Å²) in [6, 6.07) is 10.3. The Kier molecular flexibility index (Phi) is 8.09. The zero-order chi connectivity index (χ0) is 20.7. The number of piperidine rings is 1. The standard InChI is InChI=1S/C22H35N3O3S/c1-19(13-14-20-10-5-4-6-11-20)23-22(26)21-12-9-17-25(18-21)29(27,28)24-15-7-2-3-8-16-24/h4-6,10-11,19,21H,2-3,7-9,12-18H2,1H3,(H,23,26). The van der Waals surface area contributed by atoms with Crippen LogP contribution in [0.4, 0.5) is 0 Å². The van der Waals surface area contributed by atoms with E-state index >= 15 is 0 Å². The van der Waals surface area contributed by atoms with Crippen LogP contribution in [0.5, 0.6) is 0 Å². The van der Waals surface area contributed by atoms with E-state index < -0.39 is 10.2 Å². The van der Waals surface area contributed by atoms with Gasteiger partial charge in [-0.3, -0.25) is 4.79 Å². The molecule has 0 aromatic heterocycles. The van der Waals surface area contributed by atoms with Crippen LogP contribution in [0.2, 0.25) is 0 Å². The second-order valence-corrected chi connectivity index (χ2v) is 10.4. The van der Waals surface area contributed by atoms with Gasteiger partial charge in [-0.15, -0.1) is 0 Å². The second-order valence-electron chi connectivity index (χ2n) is 8.45. The summed E-state index contributed by atoms with van der Waals surface area (Å²) >= 11 is 0. The summed E-state index contributed by atoms with van der Waals surface area (Å²) in [4.78, 5) is 12.8. The molecule has 1 N–H and O–H groups in total. The van der Waals surface area contributed by atoms with Gasteiger partial charge in [0.1, 0.15) is 0 Å². The number of hydrogen-bond acceptors (Lipinski definition) is 3. The normalized spacial score (nSPS) is 23.3. The topological polar surface area (TPSA) is 69.7 Å². The number of hydrogen-bond donors (Lipinski definition) is 1. The summed E-state index contributed by atoms with van der Waals surface area (Å²) in [7, 11) is -3.46. The molecule has 7 heteroatoms. The molecular weight excluding hydrogens is 386 g/mol. The Labute approximate surface area is 175 Å². The maximum atomic E-state index is 13.1. The Morgan fingerprint density at radius 3 is 2.38 bits per heavy atom. The minimum absolute atomic E-state index is 0.0127. The van der Waals surface area contributed by atoms with Crippen molar-refractivity contribution in [2.75, 3.05) is 26.2 Å². The van der Waals surface area contributed by atoms with Crippen LogP contribution in [0, 0.1) is 5.92 Å². The van der Waals surface area contributed by atoms with Crippen LogP contribution in [-0.4, -0.2) is 55.2 Å². The quantitative estimate of drug-likeness (QED) is 0.736. The predicted molar refractivity (Wildman–Crippen MR) is 116 cm³/mol. The van der Waals surface area contributed by atoms with Crippen molar-refractivity contribution in [1.29, 1.82) is 0 Å². The maximum Gasteiger partial charge on any atom is 0.281 e. The fourth-order valence-corrected chi connectivity index (χ4v) is 6.04. The lowest BCUT2D eigenvalue weighted by molar-refractivity contribution is -0.126. The van der Waals surface area contributed by atoms with Gasteiger partial charge in [-0.25, -0.2) is 0 Å². The van der Waals surface area contributed by atoms with Crippen molar-refractivity contribution in [2.24, 2.45) is 5.92 Å². The fraction of sp³-hybridized carbons (Fsp3) is 0.682. The Morgan fingerprint density at radius 2 is 1.69 bits per heavy atom. The van der Waals surface area contributed by atoms with E-state index in [0.717, 1.165) is 51.4 Å². The number of carbonyl (C=O) groups excluding carboxylic acids is 1. The number of nitrogens with zero attached hydrogens (tertiary/aromatic N) is 2. The molecule has 2 aliphatic heterocycles. The molecule has 0 radical (unpaired) electrons. The fourth-order valence-electron chi connectivity index (χ4n) is 4.26. The van der Waals surface area contributed by atoms with Gasteiger partial charge in [0.05, 0.1) is 5.92 Å². The molecule has 2 unspecified atom stereocenters. The van der Waals surface area contributed by atoms with Crippen molar-refractivity contribution >= 4 is 16.1 Å². The number of benzene rings is 1. The highest BCUT2D eigenvalue weighted by atomic mass is 32.2. The molecule has 29 heavy (non-hydrogen) atoms. The molecule has 1 aromatic rings. The summed E-state index contributed by atoms with van der Waals surface area (Å²) in [6.07, 6.45) is 7.33. The third kappa shape index (κ3) is 6.27. The Bertz CT molecular complexity index is 746. The van der Waals surface area contributed by atoms with E-state index in [2.05, 4.69) is 17.4 Å². The summed E-state index contributed by atoms with van der Waals surface area (Å²) in [5.41, 5.74) is 1.26. The first-order chi connectivity index (χ1) is 14.0. The number of carbonyl (C=O) groups is 1. The zero-order valence-electron chi connectivity index (χ0n) is 17.6. The van der Waals surface area contributed by atoms with E-state index in [-0.39, 0.29) is 17.9 Å². The van der Waals surface area contributed by atoms with Crippen LogP contribution in [0.3, 0.4) is 0 Å². The molecular formula is C22H35N3O3S. The first kappa shape index (κ1) is 22.2. The number of nitrogens with one attached hydrogen (secondary N) is 1. The van der Waals surface area contributed by atoms with Gasteiger partial charge in [-0.1, -0.05) is 43.2 Å². The van der Waals surface area contributed by atoms with Crippen molar-refractivity contribution in [3.8, 4) is 0 Å². The average Bonchev–Trinajstić information content (AvgIpc) is 3.03. The summed E-state index contributed by atoms with van der Waals surface area (Å²) in [5.74, 6) is -0.272. The van der Waals surface area contributed by atoms with Gasteiger partial charge in [-0.2, -0.15) is 17.0 Å². The van der Waals surface area contributed by atoms with Crippen LogP contribution in [0.15, 0.2) is 30.3 Å². The first-order valence-electron chi connectivity index (χ1n) is 11.1. The summed E-state index contributed by atoms with van der Waals surface area (Å²) in [6.45, 7) is 4.05. The zero-order valence-corrected chi connectivity index (χ0v) is 18.4. The minimum Gasteiger partial charge on any atom is -0.353 e. The van der Waals surface area contributed by atoms with E-state index in [1.807, 2.05) is 25.1 Å². The van der Waals surface area contributed by atoms with Crippen molar-refractivity contribution < 1.29 is 13.2 Å². The highest BCUT2D eigenvalue weighted by molar-refractivity contribution is 7.86. The highest BCUT2D eigenvalue weighted by Crippen LogP contribution is 2.23. The molecule has 3 rings (SSSR count). The Morgan fingerprint density at radius 1 is 1.03 bits per heavy atom. The van der Waals surface area contributed by atoms with Gasteiger partial charge in [-0.05, 0) is 51.0 Å². The van der Waals surface area contributed by atoms with Crippen LogP contribution < -0.4 is 5.32 Å². The van der Waals surface area contributed by atoms with Crippen LogP contribution in [0.25, 0.3) is 0 Å². The molecule has 2 fully saturated rings. The molecule has 0 saturated carbocycles. The molecule has 0 spiro atoms. The van der Waals surface area contributed by atoms with Crippen LogP contribution >= 0.6 is 0 Å². The Balaban J connectivity index is 1.51. The SMILES string of the molecule is CC(CCc1ccccc1)NC(=O)C1CCCN(S(=O)(=O)N2CCCCCC2)C1. The van der Waals surface area contributed by atoms with Gasteiger partial charge in [0, 0.05) is 32.2 Å². The van der Waals surface area contributed by atoms with E-state index in [4.69, 9.17) is 0 Å². The lowest BCUT2D eigenvalue weighted by Crippen LogP contribution is -2.51. The lowest BCUT2D eigenvalue weighted by atomic mass is 9.98. The van der Waals surface area contributed by atoms with Crippen molar-refractivity contribution in [3.63, 3.8) is 0 Å². The maximum absolute atomic E-state index is 13.1. The van der Waals surface area contributed by atoms with Gasteiger partial charge in [0.2, 0.25) is 5.91 Å². The predicted octanol–water partition coefficient (Wildman–Crippen LogP) is 2.96. The minimum atomic E-state index is -3.46. The van der Waals surface area contributed by atoms with Crippen molar-refractivity contribution in [2.45, 2.75) is 64.3 Å². The van der Waals surface area contributed by atoms with Crippen LogP contribution in [-0.2, 0) is 21.4 Å². The lowest BCUT2D eigenvalue weighted by Gasteiger charge is -2.35. The number of aryl methyl sites for hydroxylation is 1. The Hall–Kier alpha value is -1.44. The van der Waals surface area contributed by atoms with E-state index in [1.165, 1.54) is 5.56 Å². The summed E-state index contributed by atoms with van der Waals surface area (Å²) in [5, 5.41) is 3.11. The molecule has 2 heterocycles. The van der Waals surface area contributed by atoms with E-state index in [0.29, 0.717) is 26.2 Å². The molecule has 0 bridgehead atoms. The number of rotatable bonds is 7. The van der Waals surface area contributed by atoms with Crippen LogP contribution in [0.1, 0.15) is 57.4 Å². The van der Waals surface area contributed by atoms with Crippen molar-refractivity contribution in [1.82, 2.24) is 13.9 Å². The average molecular weight is 422 g/mol. The number of amides is 1. The van der Waals surface area contributed by atoms with Gasteiger partial charge < -0.3 is 5.32 Å². The van der Waals surface area contributed by atoms with E-state index in [9.17, 15) is 13.2 Å². The smallest absolute Gasteiger partial charge is 0.281 e. The van der Waals surface area contributed by atoms with Crippen molar-refractivity contribution in [3.05, 3.63) is 35.9 Å². The molecule has 1 aromatic carbocycles. The monoisotopic (exact) mass is 421 g/mol. The summed E-state index contributed by atoms with van der Waals surface area (Å²) < 4.78 is 29.3. The first-order valence-corrected chi connectivity index (χ1v) is 12.5. The molecule has 2 saturated heterocycles. The third-order valence-corrected chi connectivity index (χ3v) is 8.07. The van der Waals surface area contributed by atoms with Gasteiger partial charge >= 0.3 is 0 Å². The van der Waals surface area contributed by atoms with E-state index in [1.54, 1.807) is 8.61 Å². The second kappa shape index (κ2) is 10.5. The molecule has 2 aliphatic rings. The molecule has 162 valence electrons. The molecule has 1 amide bonds. The van der Waals surface area contributed by atoms with Gasteiger partial charge in [0.25, 0.3) is 10.2 Å².